The number of hydrogen-bond donors (Lipinski definition) is 2. The predicted molar refractivity (Wildman–Crippen MR) is 102 cm³/mol. The third-order valence-electron chi connectivity index (χ3n) is 4.78. The van der Waals surface area contributed by atoms with Crippen molar-refractivity contribution in [3.05, 3.63) is 65.2 Å². The van der Waals surface area contributed by atoms with Crippen molar-refractivity contribution in [3.63, 3.8) is 0 Å². The maximum atomic E-state index is 12.7. The van der Waals surface area contributed by atoms with E-state index in [9.17, 15) is 13.2 Å². The van der Waals surface area contributed by atoms with Crippen molar-refractivity contribution in [2.45, 2.75) is 29.6 Å². The summed E-state index contributed by atoms with van der Waals surface area (Å²) >= 11 is 5.84. The molecule has 1 aliphatic rings. The number of carbonyl (C=O) groups is 1. The molecule has 0 saturated heterocycles. The zero-order valence-electron chi connectivity index (χ0n) is 14.2. The SMILES string of the molecule is O=C(NCCNS(=O)(=O)c1cccc(Cl)c1)C1(c2ccccc2)CCC1. The van der Waals surface area contributed by atoms with Crippen molar-refractivity contribution in [1.29, 1.82) is 0 Å². The van der Waals surface area contributed by atoms with Gasteiger partial charge in [0.2, 0.25) is 15.9 Å². The Morgan fingerprint density at radius 1 is 1.04 bits per heavy atom. The topological polar surface area (TPSA) is 75.3 Å². The lowest BCUT2D eigenvalue weighted by atomic mass is 9.64. The lowest BCUT2D eigenvalue weighted by Crippen LogP contribution is -2.50. The van der Waals surface area contributed by atoms with Gasteiger partial charge in [0.25, 0.3) is 0 Å². The van der Waals surface area contributed by atoms with Gasteiger partial charge in [-0.1, -0.05) is 54.4 Å². The third kappa shape index (κ3) is 3.92. The Hall–Kier alpha value is -1.89. The van der Waals surface area contributed by atoms with Gasteiger partial charge in [0.05, 0.1) is 10.3 Å². The van der Waals surface area contributed by atoms with Crippen LogP contribution in [0.25, 0.3) is 0 Å². The van der Waals surface area contributed by atoms with Crippen LogP contribution in [0.3, 0.4) is 0 Å². The summed E-state index contributed by atoms with van der Waals surface area (Å²) in [6, 6.07) is 15.8. The van der Waals surface area contributed by atoms with Crippen LogP contribution >= 0.6 is 11.6 Å². The normalized spacial score (nSPS) is 15.9. The molecule has 1 fully saturated rings. The van der Waals surface area contributed by atoms with Crippen LogP contribution in [0.2, 0.25) is 5.02 Å². The van der Waals surface area contributed by atoms with Gasteiger partial charge in [0.1, 0.15) is 0 Å². The van der Waals surface area contributed by atoms with Crippen molar-refractivity contribution < 1.29 is 13.2 Å². The van der Waals surface area contributed by atoms with E-state index >= 15 is 0 Å². The largest absolute Gasteiger partial charge is 0.354 e. The Labute approximate surface area is 158 Å². The fourth-order valence-electron chi connectivity index (χ4n) is 3.18. The van der Waals surface area contributed by atoms with Gasteiger partial charge in [-0.3, -0.25) is 4.79 Å². The number of rotatable bonds is 7. The summed E-state index contributed by atoms with van der Waals surface area (Å²) in [7, 11) is -3.65. The van der Waals surface area contributed by atoms with E-state index in [4.69, 9.17) is 11.6 Å². The highest BCUT2D eigenvalue weighted by Gasteiger charge is 2.45. The van der Waals surface area contributed by atoms with Gasteiger partial charge in [-0.25, -0.2) is 13.1 Å². The Balaban J connectivity index is 1.56. The Morgan fingerprint density at radius 2 is 1.77 bits per heavy atom. The monoisotopic (exact) mass is 392 g/mol. The molecule has 0 aliphatic heterocycles. The summed E-state index contributed by atoms with van der Waals surface area (Å²) in [5.74, 6) is -0.0445. The second kappa shape index (κ2) is 7.78. The molecule has 1 amide bonds. The summed E-state index contributed by atoms with van der Waals surface area (Å²) in [6.07, 6.45) is 2.65. The molecule has 0 bridgehead atoms. The Morgan fingerprint density at radius 3 is 2.38 bits per heavy atom. The standard InChI is InChI=1S/C19H21ClN2O3S/c20-16-8-4-9-17(14-16)26(24,25)22-13-12-21-18(23)19(10-5-11-19)15-6-2-1-3-7-15/h1-4,6-9,14,22H,5,10-13H2,(H,21,23). The molecule has 0 atom stereocenters. The Bertz CT molecular complexity index is 881. The van der Waals surface area contributed by atoms with Gasteiger partial charge < -0.3 is 5.32 Å². The zero-order chi connectivity index (χ0) is 18.6. The van der Waals surface area contributed by atoms with Crippen molar-refractivity contribution in [3.8, 4) is 0 Å². The third-order valence-corrected chi connectivity index (χ3v) is 6.47. The van der Waals surface area contributed by atoms with Crippen molar-refractivity contribution >= 4 is 27.5 Å². The highest BCUT2D eigenvalue weighted by atomic mass is 35.5. The number of amides is 1. The fraction of sp³-hybridized carbons (Fsp3) is 0.316. The van der Waals surface area contributed by atoms with Crippen LogP contribution in [0.1, 0.15) is 24.8 Å². The van der Waals surface area contributed by atoms with Crippen LogP contribution in [0, 0.1) is 0 Å². The van der Waals surface area contributed by atoms with Gasteiger partial charge in [-0.05, 0) is 36.6 Å². The van der Waals surface area contributed by atoms with E-state index in [0.717, 1.165) is 24.8 Å². The minimum absolute atomic E-state index is 0.0445. The maximum Gasteiger partial charge on any atom is 0.240 e. The molecule has 1 saturated carbocycles. The number of benzene rings is 2. The molecule has 2 N–H and O–H groups in total. The highest BCUT2D eigenvalue weighted by molar-refractivity contribution is 7.89. The summed E-state index contributed by atoms with van der Waals surface area (Å²) < 4.78 is 26.9. The first-order chi connectivity index (χ1) is 12.4. The molecular weight excluding hydrogens is 372 g/mol. The molecule has 1 aliphatic carbocycles. The molecule has 138 valence electrons. The van der Waals surface area contributed by atoms with Crippen LogP contribution < -0.4 is 10.0 Å². The highest BCUT2D eigenvalue weighted by Crippen LogP contribution is 2.43. The fourth-order valence-corrected chi connectivity index (χ4v) is 4.51. The van der Waals surface area contributed by atoms with Crippen LogP contribution in [-0.2, 0) is 20.2 Å². The molecule has 7 heteroatoms. The van der Waals surface area contributed by atoms with Gasteiger partial charge >= 0.3 is 0 Å². The molecule has 0 heterocycles. The molecule has 3 rings (SSSR count). The molecule has 0 spiro atoms. The van der Waals surface area contributed by atoms with E-state index in [2.05, 4.69) is 10.0 Å². The maximum absolute atomic E-state index is 12.7. The number of halogens is 1. The minimum atomic E-state index is -3.65. The van der Waals surface area contributed by atoms with Crippen LogP contribution in [0.15, 0.2) is 59.5 Å². The van der Waals surface area contributed by atoms with Crippen LogP contribution in [0.4, 0.5) is 0 Å². The van der Waals surface area contributed by atoms with Crippen molar-refractivity contribution in [2.75, 3.05) is 13.1 Å². The van der Waals surface area contributed by atoms with Gasteiger partial charge in [-0.2, -0.15) is 0 Å². The number of carbonyl (C=O) groups excluding carboxylic acids is 1. The smallest absolute Gasteiger partial charge is 0.240 e. The molecule has 0 aromatic heterocycles. The number of nitrogens with one attached hydrogen (secondary N) is 2. The van der Waals surface area contributed by atoms with E-state index in [-0.39, 0.29) is 23.9 Å². The van der Waals surface area contributed by atoms with Gasteiger partial charge in [-0.15, -0.1) is 0 Å². The summed E-state index contributed by atoms with van der Waals surface area (Å²) in [6.45, 7) is 0.346. The van der Waals surface area contributed by atoms with E-state index in [1.807, 2.05) is 30.3 Å². The first kappa shape index (κ1) is 18.9. The average molecular weight is 393 g/mol. The lowest BCUT2D eigenvalue weighted by molar-refractivity contribution is -0.129. The van der Waals surface area contributed by atoms with Crippen LogP contribution in [0.5, 0.6) is 0 Å². The lowest BCUT2D eigenvalue weighted by Gasteiger charge is -2.40. The second-order valence-corrected chi connectivity index (χ2v) is 8.62. The Kier molecular flexibility index (Phi) is 5.65. The quantitative estimate of drug-likeness (QED) is 0.711. The predicted octanol–water partition coefficient (Wildman–Crippen LogP) is 2.86. The van der Waals surface area contributed by atoms with Crippen molar-refractivity contribution in [1.82, 2.24) is 10.0 Å². The molecule has 26 heavy (non-hydrogen) atoms. The second-order valence-electron chi connectivity index (χ2n) is 6.41. The van der Waals surface area contributed by atoms with E-state index in [0.29, 0.717) is 5.02 Å². The van der Waals surface area contributed by atoms with E-state index in [1.165, 1.54) is 12.1 Å². The van der Waals surface area contributed by atoms with Crippen LogP contribution in [-0.4, -0.2) is 27.4 Å². The number of sulfonamides is 1. The minimum Gasteiger partial charge on any atom is -0.354 e. The van der Waals surface area contributed by atoms with Gasteiger partial charge in [0.15, 0.2) is 0 Å². The molecular formula is C19H21ClN2O3S. The summed E-state index contributed by atoms with van der Waals surface area (Å²) in [5.41, 5.74) is 0.538. The van der Waals surface area contributed by atoms with Crippen molar-refractivity contribution in [2.24, 2.45) is 0 Å². The molecule has 0 radical (unpaired) electrons. The molecule has 2 aromatic rings. The molecule has 5 nitrogen and oxygen atoms in total. The zero-order valence-corrected chi connectivity index (χ0v) is 15.8. The number of hydrogen-bond acceptors (Lipinski definition) is 3. The van der Waals surface area contributed by atoms with E-state index < -0.39 is 15.4 Å². The summed E-state index contributed by atoms with van der Waals surface area (Å²) in [4.78, 5) is 12.8. The molecule has 2 aromatic carbocycles. The van der Waals surface area contributed by atoms with E-state index in [1.54, 1.807) is 12.1 Å². The first-order valence-corrected chi connectivity index (χ1v) is 10.4. The summed E-state index contributed by atoms with van der Waals surface area (Å²) in [5, 5.41) is 3.22. The first-order valence-electron chi connectivity index (χ1n) is 8.53. The van der Waals surface area contributed by atoms with Gasteiger partial charge in [0, 0.05) is 18.1 Å². The average Bonchev–Trinajstić information content (AvgIpc) is 2.59. The molecule has 0 unspecified atom stereocenters.